The third-order valence-corrected chi connectivity index (χ3v) is 4.25. The Hall–Kier alpha value is -0.480. The van der Waals surface area contributed by atoms with Crippen molar-refractivity contribution in [1.29, 1.82) is 0 Å². The number of benzene rings is 1. The number of hydrogen-bond acceptors (Lipinski definition) is 2. The summed E-state index contributed by atoms with van der Waals surface area (Å²) in [4.78, 5) is 12.8. The minimum absolute atomic E-state index is 0.0127. The third kappa shape index (κ3) is 3.05. The van der Waals surface area contributed by atoms with Gasteiger partial charge in [0.05, 0.1) is 5.56 Å². The second-order valence-corrected chi connectivity index (χ2v) is 6.05. The standard InChI is InChI=1S/C13H16BrNOS/c1-8-3-2-4-11(8)15-13(16)10-6-5-9(14)7-12(10)17/h5-8,11,17H,2-4H2,1H3,(H,15,16). The molecule has 1 aliphatic rings. The molecule has 0 heterocycles. The molecule has 1 saturated carbocycles. The minimum atomic E-state index is -0.0127. The van der Waals surface area contributed by atoms with Crippen molar-refractivity contribution in [2.24, 2.45) is 5.92 Å². The molecule has 2 atom stereocenters. The van der Waals surface area contributed by atoms with Crippen molar-refractivity contribution < 1.29 is 4.79 Å². The normalized spacial score (nSPS) is 23.7. The molecule has 0 spiro atoms. The van der Waals surface area contributed by atoms with E-state index >= 15 is 0 Å². The first-order valence-electron chi connectivity index (χ1n) is 5.87. The molecule has 0 radical (unpaired) electrons. The number of thiol groups is 1. The van der Waals surface area contributed by atoms with E-state index in [-0.39, 0.29) is 5.91 Å². The summed E-state index contributed by atoms with van der Waals surface area (Å²) in [6, 6.07) is 5.84. The van der Waals surface area contributed by atoms with E-state index in [2.05, 4.69) is 40.8 Å². The fraction of sp³-hybridized carbons (Fsp3) is 0.462. The zero-order chi connectivity index (χ0) is 12.4. The van der Waals surface area contributed by atoms with Crippen molar-refractivity contribution in [2.45, 2.75) is 37.1 Å². The number of hydrogen-bond donors (Lipinski definition) is 2. The van der Waals surface area contributed by atoms with E-state index in [1.807, 2.05) is 12.1 Å². The molecule has 92 valence electrons. The van der Waals surface area contributed by atoms with E-state index in [0.717, 1.165) is 10.9 Å². The summed E-state index contributed by atoms with van der Waals surface area (Å²) in [6.07, 6.45) is 3.50. The smallest absolute Gasteiger partial charge is 0.252 e. The molecule has 2 rings (SSSR count). The SMILES string of the molecule is CC1CCCC1NC(=O)c1ccc(Br)cc1S. The molecule has 1 N–H and O–H groups in total. The molecule has 1 aromatic rings. The van der Waals surface area contributed by atoms with Crippen LogP contribution in [0.4, 0.5) is 0 Å². The lowest BCUT2D eigenvalue weighted by Gasteiger charge is -2.17. The van der Waals surface area contributed by atoms with Gasteiger partial charge in [-0.05, 0) is 37.0 Å². The summed E-state index contributed by atoms with van der Waals surface area (Å²) >= 11 is 7.70. The molecule has 1 fully saturated rings. The minimum Gasteiger partial charge on any atom is -0.349 e. The van der Waals surface area contributed by atoms with E-state index in [0.29, 0.717) is 22.4 Å². The van der Waals surface area contributed by atoms with E-state index in [4.69, 9.17) is 0 Å². The first-order valence-corrected chi connectivity index (χ1v) is 7.11. The van der Waals surface area contributed by atoms with Crippen molar-refractivity contribution in [3.63, 3.8) is 0 Å². The largest absolute Gasteiger partial charge is 0.349 e. The fourth-order valence-electron chi connectivity index (χ4n) is 2.30. The van der Waals surface area contributed by atoms with E-state index in [1.54, 1.807) is 6.07 Å². The summed E-state index contributed by atoms with van der Waals surface area (Å²) in [6.45, 7) is 2.20. The lowest BCUT2D eigenvalue weighted by molar-refractivity contribution is 0.0926. The number of amides is 1. The Morgan fingerprint density at radius 1 is 1.47 bits per heavy atom. The summed E-state index contributed by atoms with van der Waals surface area (Å²) in [5.74, 6) is 0.569. The molecule has 2 unspecified atom stereocenters. The van der Waals surface area contributed by atoms with Crippen LogP contribution in [-0.2, 0) is 0 Å². The molecule has 0 aliphatic heterocycles. The number of rotatable bonds is 2. The number of halogens is 1. The monoisotopic (exact) mass is 313 g/mol. The third-order valence-electron chi connectivity index (χ3n) is 3.38. The average Bonchev–Trinajstić information content (AvgIpc) is 2.64. The highest BCUT2D eigenvalue weighted by Crippen LogP contribution is 2.26. The van der Waals surface area contributed by atoms with Crippen LogP contribution in [0.3, 0.4) is 0 Å². The molecule has 0 bridgehead atoms. The van der Waals surface area contributed by atoms with Crippen LogP contribution in [0.5, 0.6) is 0 Å². The van der Waals surface area contributed by atoms with Gasteiger partial charge in [-0.15, -0.1) is 12.6 Å². The Morgan fingerprint density at radius 2 is 2.24 bits per heavy atom. The van der Waals surface area contributed by atoms with Crippen molar-refractivity contribution in [3.8, 4) is 0 Å². The fourth-order valence-corrected chi connectivity index (χ4v) is 3.16. The predicted molar refractivity (Wildman–Crippen MR) is 75.7 cm³/mol. The molecule has 0 saturated heterocycles. The van der Waals surface area contributed by atoms with Gasteiger partial charge in [0.15, 0.2) is 0 Å². The molecule has 1 amide bonds. The van der Waals surface area contributed by atoms with Crippen molar-refractivity contribution in [1.82, 2.24) is 5.32 Å². The number of nitrogens with one attached hydrogen (secondary N) is 1. The zero-order valence-electron chi connectivity index (χ0n) is 9.74. The second kappa shape index (κ2) is 5.44. The van der Waals surface area contributed by atoms with Gasteiger partial charge in [0.25, 0.3) is 5.91 Å². The molecular formula is C13H16BrNOS. The van der Waals surface area contributed by atoms with Crippen LogP contribution < -0.4 is 5.32 Å². The Kier molecular flexibility index (Phi) is 4.15. The van der Waals surface area contributed by atoms with Gasteiger partial charge in [0.1, 0.15) is 0 Å². The van der Waals surface area contributed by atoms with Crippen LogP contribution in [0.15, 0.2) is 27.6 Å². The van der Waals surface area contributed by atoms with Gasteiger partial charge in [-0.3, -0.25) is 4.79 Å². The maximum atomic E-state index is 12.1. The summed E-state index contributed by atoms with van der Waals surface area (Å²) in [5, 5.41) is 3.10. The van der Waals surface area contributed by atoms with Crippen LogP contribution in [0.2, 0.25) is 0 Å². The molecule has 1 aliphatic carbocycles. The van der Waals surface area contributed by atoms with Gasteiger partial charge in [-0.1, -0.05) is 29.3 Å². The first-order chi connectivity index (χ1) is 8.08. The molecule has 4 heteroatoms. The molecule has 0 aromatic heterocycles. The summed E-state index contributed by atoms with van der Waals surface area (Å²) in [7, 11) is 0. The maximum Gasteiger partial charge on any atom is 0.252 e. The van der Waals surface area contributed by atoms with Crippen LogP contribution >= 0.6 is 28.6 Å². The Morgan fingerprint density at radius 3 is 2.82 bits per heavy atom. The van der Waals surface area contributed by atoms with Crippen molar-refractivity contribution in [3.05, 3.63) is 28.2 Å². The Labute approximate surface area is 116 Å². The highest BCUT2D eigenvalue weighted by molar-refractivity contribution is 9.10. The van der Waals surface area contributed by atoms with Crippen LogP contribution in [0.25, 0.3) is 0 Å². The summed E-state index contributed by atoms with van der Waals surface area (Å²) in [5.41, 5.74) is 0.649. The molecule has 1 aromatic carbocycles. The van der Waals surface area contributed by atoms with E-state index in [9.17, 15) is 4.79 Å². The Balaban J connectivity index is 2.09. The van der Waals surface area contributed by atoms with Crippen LogP contribution in [-0.4, -0.2) is 11.9 Å². The van der Waals surface area contributed by atoms with Gasteiger partial charge < -0.3 is 5.32 Å². The first kappa shape index (κ1) is 13.0. The van der Waals surface area contributed by atoms with E-state index in [1.165, 1.54) is 12.8 Å². The number of carbonyl (C=O) groups is 1. The van der Waals surface area contributed by atoms with Gasteiger partial charge in [-0.2, -0.15) is 0 Å². The lowest BCUT2D eigenvalue weighted by Crippen LogP contribution is -2.36. The van der Waals surface area contributed by atoms with Crippen LogP contribution in [0, 0.1) is 5.92 Å². The van der Waals surface area contributed by atoms with Gasteiger partial charge in [0.2, 0.25) is 0 Å². The molecule has 2 nitrogen and oxygen atoms in total. The lowest BCUT2D eigenvalue weighted by atomic mass is 10.1. The topological polar surface area (TPSA) is 29.1 Å². The summed E-state index contributed by atoms with van der Waals surface area (Å²) < 4.78 is 0.938. The predicted octanol–water partition coefficient (Wildman–Crippen LogP) is 3.66. The number of carbonyl (C=O) groups excluding carboxylic acids is 1. The van der Waals surface area contributed by atoms with Gasteiger partial charge in [0, 0.05) is 15.4 Å². The van der Waals surface area contributed by atoms with E-state index < -0.39 is 0 Å². The zero-order valence-corrected chi connectivity index (χ0v) is 12.2. The van der Waals surface area contributed by atoms with Crippen molar-refractivity contribution in [2.75, 3.05) is 0 Å². The maximum absolute atomic E-state index is 12.1. The highest BCUT2D eigenvalue weighted by Gasteiger charge is 2.25. The van der Waals surface area contributed by atoms with Gasteiger partial charge >= 0.3 is 0 Å². The molecular weight excluding hydrogens is 298 g/mol. The average molecular weight is 314 g/mol. The second-order valence-electron chi connectivity index (χ2n) is 4.65. The van der Waals surface area contributed by atoms with Crippen molar-refractivity contribution >= 4 is 34.5 Å². The quantitative estimate of drug-likeness (QED) is 0.802. The highest BCUT2D eigenvalue weighted by atomic mass is 79.9. The molecule has 17 heavy (non-hydrogen) atoms. The van der Waals surface area contributed by atoms with Gasteiger partial charge in [-0.25, -0.2) is 0 Å². The Bertz CT molecular complexity index is 435. The van der Waals surface area contributed by atoms with Crippen LogP contribution in [0.1, 0.15) is 36.5 Å².